The number of halogens is 2. The molecule has 0 unspecified atom stereocenters. The molecule has 0 radical (unpaired) electrons. The molecule has 0 aromatic heterocycles. The summed E-state index contributed by atoms with van der Waals surface area (Å²) in [4.78, 5) is 0. The minimum Gasteiger partial charge on any atom is -0.192 e. The number of nitrogens with zero attached hydrogens (tertiary/aromatic N) is 1. The number of hydrogen-bond donors (Lipinski definition) is 0. The Labute approximate surface area is 75.2 Å². The SMILES string of the molecule is Cc1cc(C#N)c(Cl)cc1Cl. The largest absolute Gasteiger partial charge is 0.192 e. The van der Waals surface area contributed by atoms with Crippen LogP contribution < -0.4 is 0 Å². The molecule has 0 atom stereocenters. The summed E-state index contributed by atoms with van der Waals surface area (Å²) in [6.07, 6.45) is 0. The Bertz CT molecular complexity index is 326. The molecule has 0 fully saturated rings. The average Bonchev–Trinajstić information content (AvgIpc) is 1.97. The molecule has 0 aliphatic rings. The number of rotatable bonds is 0. The van der Waals surface area contributed by atoms with Crippen LogP contribution in [0.4, 0.5) is 0 Å². The molecule has 56 valence electrons. The maximum atomic E-state index is 8.56. The minimum absolute atomic E-state index is 0.406. The van der Waals surface area contributed by atoms with Crippen molar-refractivity contribution in [1.82, 2.24) is 0 Å². The van der Waals surface area contributed by atoms with Crippen LogP contribution in [0.15, 0.2) is 12.1 Å². The Morgan fingerprint density at radius 2 is 1.91 bits per heavy atom. The molecule has 0 N–H and O–H groups in total. The lowest BCUT2D eigenvalue weighted by Crippen LogP contribution is -1.80. The zero-order chi connectivity index (χ0) is 8.43. The van der Waals surface area contributed by atoms with E-state index < -0.39 is 0 Å². The maximum absolute atomic E-state index is 8.56. The zero-order valence-electron chi connectivity index (χ0n) is 5.86. The Balaban J connectivity index is 3.35. The average molecular weight is 186 g/mol. The highest BCUT2D eigenvalue weighted by Gasteiger charge is 2.02. The van der Waals surface area contributed by atoms with E-state index in [-0.39, 0.29) is 0 Å². The first-order valence-electron chi connectivity index (χ1n) is 3.01. The van der Waals surface area contributed by atoms with Crippen molar-refractivity contribution in [2.45, 2.75) is 6.92 Å². The first-order chi connectivity index (χ1) is 5.15. The van der Waals surface area contributed by atoms with Gasteiger partial charge in [-0.25, -0.2) is 0 Å². The molecule has 0 saturated heterocycles. The summed E-state index contributed by atoms with van der Waals surface area (Å²) in [7, 11) is 0. The Kier molecular flexibility index (Phi) is 2.38. The molecule has 0 spiro atoms. The van der Waals surface area contributed by atoms with Crippen molar-refractivity contribution in [3.05, 3.63) is 33.3 Å². The second kappa shape index (κ2) is 3.13. The van der Waals surface area contributed by atoms with E-state index in [4.69, 9.17) is 28.5 Å². The molecular weight excluding hydrogens is 181 g/mol. The van der Waals surface area contributed by atoms with E-state index in [1.54, 1.807) is 12.1 Å². The minimum atomic E-state index is 0.406. The van der Waals surface area contributed by atoms with Crippen molar-refractivity contribution in [3.8, 4) is 6.07 Å². The predicted molar refractivity (Wildman–Crippen MR) is 45.9 cm³/mol. The molecule has 0 heterocycles. The Morgan fingerprint density at radius 1 is 1.27 bits per heavy atom. The molecule has 0 aliphatic heterocycles. The highest BCUT2D eigenvalue weighted by molar-refractivity contribution is 6.35. The van der Waals surface area contributed by atoms with E-state index in [2.05, 4.69) is 0 Å². The first-order valence-corrected chi connectivity index (χ1v) is 3.76. The van der Waals surface area contributed by atoms with Crippen LogP contribution in [0, 0.1) is 18.3 Å². The van der Waals surface area contributed by atoms with Crippen molar-refractivity contribution in [2.24, 2.45) is 0 Å². The monoisotopic (exact) mass is 185 g/mol. The van der Waals surface area contributed by atoms with Crippen LogP contribution in [0.3, 0.4) is 0 Å². The number of aryl methyl sites for hydroxylation is 1. The standard InChI is InChI=1S/C8H5Cl2N/c1-5-2-6(4-11)8(10)3-7(5)9/h2-3H,1H3. The predicted octanol–water partition coefficient (Wildman–Crippen LogP) is 3.17. The summed E-state index contributed by atoms with van der Waals surface area (Å²) in [5.41, 5.74) is 1.33. The molecule has 1 rings (SSSR count). The molecule has 0 aliphatic carbocycles. The summed E-state index contributed by atoms with van der Waals surface area (Å²) < 4.78 is 0. The third-order valence-corrected chi connectivity index (χ3v) is 2.09. The van der Waals surface area contributed by atoms with Gasteiger partial charge in [0.25, 0.3) is 0 Å². The Morgan fingerprint density at radius 3 is 2.45 bits per heavy atom. The number of nitriles is 1. The summed E-state index contributed by atoms with van der Waals surface area (Å²) in [6.45, 7) is 1.83. The molecular formula is C8H5Cl2N. The molecule has 1 nitrogen and oxygen atoms in total. The summed E-state index contributed by atoms with van der Waals surface area (Å²) >= 11 is 11.4. The van der Waals surface area contributed by atoms with Crippen LogP contribution in [0.25, 0.3) is 0 Å². The van der Waals surface area contributed by atoms with Gasteiger partial charge in [0.1, 0.15) is 6.07 Å². The Hall–Kier alpha value is -0.710. The lowest BCUT2D eigenvalue weighted by atomic mass is 10.1. The van der Waals surface area contributed by atoms with Gasteiger partial charge in [-0.2, -0.15) is 5.26 Å². The topological polar surface area (TPSA) is 23.8 Å². The molecule has 0 bridgehead atoms. The fourth-order valence-corrected chi connectivity index (χ4v) is 1.17. The van der Waals surface area contributed by atoms with Gasteiger partial charge in [0.05, 0.1) is 10.6 Å². The lowest BCUT2D eigenvalue weighted by Gasteiger charge is -1.98. The number of hydrogen-bond acceptors (Lipinski definition) is 1. The molecule has 0 amide bonds. The van der Waals surface area contributed by atoms with E-state index in [1.807, 2.05) is 13.0 Å². The third kappa shape index (κ3) is 1.65. The van der Waals surface area contributed by atoms with E-state index in [0.29, 0.717) is 15.6 Å². The first kappa shape index (κ1) is 8.39. The summed E-state index contributed by atoms with van der Waals surface area (Å²) in [6, 6.07) is 5.22. The van der Waals surface area contributed by atoms with Crippen LogP contribution in [0.1, 0.15) is 11.1 Å². The van der Waals surface area contributed by atoms with E-state index in [9.17, 15) is 0 Å². The van der Waals surface area contributed by atoms with Gasteiger partial charge in [-0.05, 0) is 24.6 Å². The fourth-order valence-electron chi connectivity index (χ4n) is 0.743. The van der Waals surface area contributed by atoms with Gasteiger partial charge in [0, 0.05) is 5.02 Å². The lowest BCUT2D eigenvalue weighted by molar-refractivity contribution is 1.42. The van der Waals surface area contributed by atoms with Crippen LogP contribution in [-0.2, 0) is 0 Å². The van der Waals surface area contributed by atoms with Gasteiger partial charge < -0.3 is 0 Å². The van der Waals surface area contributed by atoms with Gasteiger partial charge in [0.2, 0.25) is 0 Å². The molecule has 11 heavy (non-hydrogen) atoms. The van der Waals surface area contributed by atoms with Crippen molar-refractivity contribution in [1.29, 1.82) is 5.26 Å². The second-order valence-corrected chi connectivity index (χ2v) is 3.01. The van der Waals surface area contributed by atoms with Gasteiger partial charge in [-0.15, -0.1) is 0 Å². The van der Waals surface area contributed by atoms with Crippen molar-refractivity contribution in [2.75, 3.05) is 0 Å². The fraction of sp³-hybridized carbons (Fsp3) is 0.125. The molecule has 0 saturated carbocycles. The van der Waals surface area contributed by atoms with Crippen LogP contribution >= 0.6 is 23.2 Å². The number of benzene rings is 1. The smallest absolute Gasteiger partial charge is 0.101 e. The summed E-state index contributed by atoms with van der Waals surface area (Å²) in [5, 5.41) is 9.55. The van der Waals surface area contributed by atoms with Crippen molar-refractivity contribution in [3.63, 3.8) is 0 Å². The quantitative estimate of drug-likeness (QED) is 0.610. The van der Waals surface area contributed by atoms with E-state index >= 15 is 0 Å². The highest BCUT2D eigenvalue weighted by atomic mass is 35.5. The van der Waals surface area contributed by atoms with Crippen LogP contribution in [-0.4, -0.2) is 0 Å². The van der Waals surface area contributed by atoms with Crippen LogP contribution in [0.2, 0.25) is 10.0 Å². The van der Waals surface area contributed by atoms with Crippen molar-refractivity contribution < 1.29 is 0 Å². The summed E-state index contributed by atoms with van der Waals surface area (Å²) in [5.74, 6) is 0. The van der Waals surface area contributed by atoms with E-state index in [0.717, 1.165) is 5.56 Å². The van der Waals surface area contributed by atoms with Gasteiger partial charge in [0.15, 0.2) is 0 Å². The van der Waals surface area contributed by atoms with Gasteiger partial charge in [-0.1, -0.05) is 23.2 Å². The second-order valence-electron chi connectivity index (χ2n) is 2.19. The van der Waals surface area contributed by atoms with E-state index in [1.165, 1.54) is 0 Å². The van der Waals surface area contributed by atoms with Crippen molar-refractivity contribution >= 4 is 23.2 Å². The zero-order valence-corrected chi connectivity index (χ0v) is 7.37. The third-order valence-electron chi connectivity index (χ3n) is 1.37. The maximum Gasteiger partial charge on any atom is 0.101 e. The van der Waals surface area contributed by atoms with Crippen LogP contribution in [0.5, 0.6) is 0 Å². The normalized spacial score (nSPS) is 9.27. The highest BCUT2D eigenvalue weighted by Crippen LogP contribution is 2.23. The molecule has 1 aromatic rings. The molecule has 1 aromatic carbocycles. The molecule has 3 heteroatoms. The van der Waals surface area contributed by atoms with Gasteiger partial charge >= 0.3 is 0 Å². The van der Waals surface area contributed by atoms with Gasteiger partial charge in [-0.3, -0.25) is 0 Å².